The highest BCUT2D eigenvalue weighted by molar-refractivity contribution is 6.53. The Morgan fingerprint density at radius 1 is 0.886 bits per heavy atom. The van der Waals surface area contributed by atoms with Crippen LogP contribution in [0.25, 0.3) is 0 Å². The Morgan fingerprint density at radius 3 is 2.14 bits per heavy atom. The summed E-state index contributed by atoms with van der Waals surface area (Å²) in [5.74, 6) is -2.22. The molecule has 0 saturated heterocycles. The molecule has 3 aromatic carbocycles. The van der Waals surface area contributed by atoms with Crippen LogP contribution in [-0.4, -0.2) is 16.1 Å². The minimum atomic E-state index is -1.34. The minimum Gasteiger partial charge on any atom is -0.326 e. The number of benzene rings is 3. The number of nitrogens with zero attached hydrogens (tertiary/aromatic N) is 1. The molecule has 3 aromatic rings. The molecule has 2 atom stereocenters. The van der Waals surface area contributed by atoms with Crippen LogP contribution in [0, 0.1) is 17.2 Å². The SMILES string of the molecule is N#Cc1ccc(NNC(=O)c2cc(NC(=O)[C@H]3[C@H](c4cc(Cl)cc(Cl)c4)C3(Cl)Cl)ccc2Cl)cc1. The molecule has 35 heavy (non-hydrogen) atoms. The van der Waals surface area contributed by atoms with E-state index < -0.39 is 28.0 Å². The number of amides is 2. The van der Waals surface area contributed by atoms with Crippen molar-refractivity contribution in [1.29, 1.82) is 5.26 Å². The molecule has 4 rings (SSSR count). The van der Waals surface area contributed by atoms with Crippen molar-refractivity contribution >= 4 is 81.2 Å². The van der Waals surface area contributed by atoms with E-state index in [1.54, 1.807) is 48.5 Å². The van der Waals surface area contributed by atoms with Crippen molar-refractivity contribution in [3.63, 3.8) is 0 Å². The quantitative estimate of drug-likeness (QED) is 0.225. The van der Waals surface area contributed by atoms with Gasteiger partial charge in [-0.1, -0.05) is 34.8 Å². The molecule has 6 nitrogen and oxygen atoms in total. The molecule has 1 aliphatic carbocycles. The van der Waals surface area contributed by atoms with Crippen molar-refractivity contribution < 1.29 is 9.59 Å². The summed E-state index contributed by atoms with van der Waals surface area (Å²) >= 11 is 31.2. The molecule has 1 fully saturated rings. The Labute approximate surface area is 226 Å². The monoisotopic (exact) mass is 566 g/mol. The van der Waals surface area contributed by atoms with Gasteiger partial charge in [-0.2, -0.15) is 5.26 Å². The second-order valence-electron chi connectivity index (χ2n) is 7.78. The molecule has 0 aliphatic heterocycles. The molecule has 0 heterocycles. The predicted octanol–water partition coefficient (Wildman–Crippen LogP) is 6.80. The van der Waals surface area contributed by atoms with Crippen LogP contribution < -0.4 is 16.2 Å². The van der Waals surface area contributed by atoms with Crippen molar-refractivity contribution in [2.24, 2.45) is 5.92 Å². The number of hydrazine groups is 1. The van der Waals surface area contributed by atoms with Gasteiger partial charge in [0.2, 0.25) is 5.91 Å². The number of carbonyl (C=O) groups excluding carboxylic acids is 2. The number of nitrogens with one attached hydrogen (secondary N) is 3. The molecule has 1 aliphatic rings. The number of nitriles is 1. The first-order chi connectivity index (χ1) is 16.6. The molecule has 3 N–H and O–H groups in total. The van der Waals surface area contributed by atoms with Gasteiger partial charge in [-0.25, -0.2) is 0 Å². The average Bonchev–Trinajstić information content (AvgIpc) is 3.40. The van der Waals surface area contributed by atoms with E-state index >= 15 is 0 Å². The number of anilines is 2. The van der Waals surface area contributed by atoms with E-state index in [1.165, 1.54) is 12.1 Å². The highest BCUT2D eigenvalue weighted by Crippen LogP contribution is 2.65. The summed E-state index contributed by atoms with van der Waals surface area (Å²) in [5, 5.41) is 12.6. The highest BCUT2D eigenvalue weighted by Gasteiger charge is 2.67. The van der Waals surface area contributed by atoms with Crippen LogP contribution in [0.15, 0.2) is 60.7 Å². The predicted molar refractivity (Wildman–Crippen MR) is 139 cm³/mol. The van der Waals surface area contributed by atoms with Gasteiger partial charge in [0.1, 0.15) is 4.33 Å². The fourth-order valence-corrected chi connectivity index (χ4v) is 5.22. The normalized spacial score (nSPS) is 17.7. The molecular formula is C24H15Cl5N4O2. The molecule has 1 saturated carbocycles. The lowest BCUT2D eigenvalue weighted by molar-refractivity contribution is -0.117. The summed E-state index contributed by atoms with van der Waals surface area (Å²) in [6.07, 6.45) is 0. The fourth-order valence-electron chi connectivity index (χ4n) is 3.64. The molecule has 0 bridgehead atoms. The van der Waals surface area contributed by atoms with Crippen LogP contribution in [-0.2, 0) is 4.79 Å². The van der Waals surface area contributed by atoms with Crippen LogP contribution in [0.2, 0.25) is 15.1 Å². The van der Waals surface area contributed by atoms with Gasteiger partial charge in [0.15, 0.2) is 0 Å². The average molecular weight is 569 g/mol. The molecule has 0 radical (unpaired) electrons. The third kappa shape index (κ3) is 5.61. The van der Waals surface area contributed by atoms with Gasteiger partial charge in [0.05, 0.1) is 33.8 Å². The van der Waals surface area contributed by atoms with Gasteiger partial charge in [0, 0.05) is 21.7 Å². The molecule has 0 spiro atoms. The zero-order valence-corrected chi connectivity index (χ0v) is 21.4. The summed E-state index contributed by atoms with van der Waals surface area (Å²) in [7, 11) is 0. The van der Waals surface area contributed by atoms with Crippen molar-refractivity contribution in [3.05, 3.63) is 92.4 Å². The van der Waals surface area contributed by atoms with Crippen molar-refractivity contribution in [2.75, 3.05) is 10.7 Å². The maximum Gasteiger partial charge on any atom is 0.271 e. The fraction of sp³-hybridized carbons (Fsp3) is 0.125. The zero-order chi connectivity index (χ0) is 25.3. The van der Waals surface area contributed by atoms with Crippen molar-refractivity contribution in [1.82, 2.24) is 5.43 Å². The van der Waals surface area contributed by atoms with Gasteiger partial charge in [0.25, 0.3) is 5.91 Å². The van der Waals surface area contributed by atoms with E-state index in [9.17, 15) is 9.59 Å². The Morgan fingerprint density at radius 2 is 1.51 bits per heavy atom. The summed E-state index contributed by atoms with van der Waals surface area (Å²) in [5.41, 5.74) is 7.44. The van der Waals surface area contributed by atoms with E-state index in [-0.39, 0.29) is 10.6 Å². The number of hydrogen-bond donors (Lipinski definition) is 3. The highest BCUT2D eigenvalue weighted by atomic mass is 35.5. The van der Waals surface area contributed by atoms with Gasteiger partial charge in [-0.3, -0.25) is 20.4 Å². The van der Waals surface area contributed by atoms with E-state index in [0.717, 1.165) is 0 Å². The zero-order valence-electron chi connectivity index (χ0n) is 17.6. The third-order valence-electron chi connectivity index (χ3n) is 5.39. The second kappa shape index (κ2) is 10.1. The first-order valence-electron chi connectivity index (χ1n) is 10.1. The van der Waals surface area contributed by atoms with E-state index in [2.05, 4.69) is 16.2 Å². The van der Waals surface area contributed by atoms with E-state index in [1.807, 2.05) is 6.07 Å². The molecule has 0 unspecified atom stereocenters. The lowest BCUT2D eigenvalue weighted by Crippen LogP contribution is -2.29. The molecule has 11 heteroatoms. The maximum absolute atomic E-state index is 13.0. The second-order valence-corrected chi connectivity index (χ2v) is 10.5. The Balaban J connectivity index is 1.45. The molecule has 178 valence electrons. The first-order valence-corrected chi connectivity index (χ1v) is 12.0. The van der Waals surface area contributed by atoms with Crippen LogP contribution in [0.3, 0.4) is 0 Å². The maximum atomic E-state index is 13.0. The third-order valence-corrected chi connectivity index (χ3v) is 7.10. The van der Waals surface area contributed by atoms with Gasteiger partial charge < -0.3 is 5.32 Å². The number of alkyl halides is 2. The number of hydrogen-bond acceptors (Lipinski definition) is 4. The van der Waals surface area contributed by atoms with Crippen LogP contribution in [0.1, 0.15) is 27.4 Å². The lowest BCUT2D eigenvalue weighted by atomic mass is 10.1. The Bertz CT molecular complexity index is 1330. The molecule has 0 aromatic heterocycles. The summed E-state index contributed by atoms with van der Waals surface area (Å²) in [6, 6.07) is 17.9. The lowest BCUT2D eigenvalue weighted by Gasteiger charge is -2.12. The Kier molecular flexibility index (Phi) is 7.37. The summed E-state index contributed by atoms with van der Waals surface area (Å²) < 4.78 is -1.34. The summed E-state index contributed by atoms with van der Waals surface area (Å²) in [6.45, 7) is 0. The van der Waals surface area contributed by atoms with Crippen LogP contribution >= 0.6 is 58.0 Å². The van der Waals surface area contributed by atoms with Gasteiger partial charge in [-0.05, 0) is 66.2 Å². The smallest absolute Gasteiger partial charge is 0.271 e. The van der Waals surface area contributed by atoms with E-state index in [0.29, 0.717) is 32.5 Å². The largest absolute Gasteiger partial charge is 0.326 e. The molecule has 2 amide bonds. The van der Waals surface area contributed by atoms with Gasteiger partial charge in [-0.15, -0.1) is 23.2 Å². The van der Waals surface area contributed by atoms with Crippen molar-refractivity contribution in [2.45, 2.75) is 10.3 Å². The van der Waals surface area contributed by atoms with Crippen molar-refractivity contribution in [3.8, 4) is 6.07 Å². The minimum absolute atomic E-state index is 0.127. The number of rotatable bonds is 6. The van der Waals surface area contributed by atoms with Crippen LogP contribution in [0.5, 0.6) is 0 Å². The number of halogens is 5. The molecular weight excluding hydrogens is 554 g/mol. The van der Waals surface area contributed by atoms with Gasteiger partial charge >= 0.3 is 0 Å². The Hall–Kier alpha value is -2.66. The topological polar surface area (TPSA) is 94.0 Å². The number of carbonyl (C=O) groups is 2. The van der Waals surface area contributed by atoms with E-state index in [4.69, 9.17) is 63.3 Å². The standard InChI is InChI=1S/C24H15Cl5N4O2/c25-14-7-13(8-15(26)9-14)20-21(24(20,28)29)23(35)31-17-5-6-19(27)18(10-17)22(34)33-32-16-3-1-12(11-30)2-4-16/h1-10,20-21,32H,(H,31,35)(H,33,34)/t20-,21+/m0/s1. The van der Waals surface area contributed by atoms with Crippen LogP contribution in [0.4, 0.5) is 11.4 Å². The first kappa shape index (κ1) is 25.4. The summed E-state index contributed by atoms with van der Waals surface area (Å²) in [4.78, 5) is 25.6.